The lowest BCUT2D eigenvalue weighted by Crippen LogP contribution is -2.28. The van der Waals surface area contributed by atoms with Crippen molar-refractivity contribution < 1.29 is 0 Å². The third-order valence-corrected chi connectivity index (χ3v) is 8.49. The molecule has 1 N–H and O–H groups in total. The lowest BCUT2D eigenvalue weighted by molar-refractivity contribution is 0.358. The highest BCUT2D eigenvalue weighted by Gasteiger charge is 2.53. The van der Waals surface area contributed by atoms with Crippen molar-refractivity contribution in [2.45, 2.75) is 55.7 Å². The molecule has 2 aliphatic carbocycles. The Labute approximate surface area is 203 Å². The molecule has 0 radical (unpaired) electrons. The van der Waals surface area contributed by atoms with E-state index in [-0.39, 0.29) is 11.6 Å². The van der Waals surface area contributed by atoms with Gasteiger partial charge in [0.25, 0.3) is 5.56 Å². The fourth-order valence-corrected chi connectivity index (χ4v) is 6.34. The molecule has 0 aliphatic heterocycles. The van der Waals surface area contributed by atoms with Gasteiger partial charge in [-0.2, -0.15) is 4.98 Å². The Morgan fingerprint density at radius 2 is 1.94 bits per heavy atom. The van der Waals surface area contributed by atoms with Crippen LogP contribution in [0.2, 0.25) is 0 Å². The quantitative estimate of drug-likeness (QED) is 0.321. The fraction of sp³-hybridized carbons (Fsp3) is 0.321. The van der Waals surface area contributed by atoms with Gasteiger partial charge in [-0.3, -0.25) is 9.36 Å². The first-order valence-corrected chi connectivity index (χ1v) is 13.0. The number of thioether (sulfide) groups is 1. The Hall–Kier alpha value is -3.12. The standard InChI is InChI=1S/C28H28N4OS/c1-19-16-22(34-18-20-6-3-2-4-7-20)10-11-23(19)30-27-29-17-21-9-12-25(33)32(26(21)31-27)24-8-5-13-28(24)14-15-28/h2-4,6-7,9-12,16-17,24H,5,8,13-15,18H2,1H3,(H,29,30,31). The second-order valence-electron chi connectivity index (χ2n) is 9.66. The van der Waals surface area contributed by atoms with Crippen molar-refractivity contribution in [1.29, 1.82) is 0 Å². The van der Waals surface area contributed by atoms with E-state index >= 15 is 0 Å². The highest BCUT2D eigenvalue weighted by molar-refractivity contribution is 7.98. The van der Waals surface area contributed by atoms with Crippen LogP contribution in [0.15, 0.2) is 76.6 Å². The summed E-state index contributed by atoms with van der Waals surface area (Å²) in [5, 5.41) is 4.31. The first kappa shape index (κ1) is 21.4. The summed E-state index contributed by atoms with van der Waals surface area (Å²) in [6.07, 6.45) is 7.76. The lowest BCUT2D eigenvalue weighted by Gasteiger charge is -2.23. The normalized spacial score (nSPS) is 18.4. The van der Waals surface area contributed by atoms with Gasteiger partial charge in [-0.1, -0.05) is 36.8 Å². The van der Waals surface area contributed by atoms with Crippen molar-refractivity contribution in [2.75, 3.05) is 5.32 Å². The zero-order chi connectivity index (χ0) is 23.1. The van der Waals surface area contributed by atoms with Crippen LogP contribution in [0.4, 0.5) is 11.6 Å². The van der Waals surface area contributed by atoms with Crippen molar-refractivity contribution >= 4 is 34.4 Å². The Bertz CT molecular complexity index is 1410. The van der Waals surface area contributed by atoms with Crippen LogP contribution < -0.4 is 10.9 Å². The molecule has 6 heteroatoms. The fourth-order valence-electron chi connectivity index (χ4n) is 5.39. The molecule has 0 bridgehead atoms. The molecule has 2 aromatic carbocycles. The SMILES string of the molecule is Cc1cc(SCc2ccccc2)ccc1Nc1ncc2ccc(=O)n(C3CCCC34CC4)c2n1. The third-order valence-electron chi connectivity index (χ3n) is 7.42. The van der Waals surface area contributed by atoms with E-state index in [0.717, 1.165) is 34.5 Å². The molecule has 172 valence electrons. The van der Waals surface area contributed by atoms with Crippen LogP contribution >= 0.6 is 11.8 Å². The van der Waals surface area contributed by atoms with Gasteiger partial charge in [0, 0.05) is 40.0 Å². The molecular formula is C28H28N4OS. The van der Waals surface area contributed by atoms with E-state index in [2.05, 4.69) is 59.7 Å². The van der Waals surface area contributed by atoms with Crippen LogP contribution in [-0.2, 0) is 5.75 Å². The summed E-state index contributed by atoms with van der Waals surface area (Å²) in [6, 6.07) is 20.7. The predicted molar refractivity (Wildman–Crippen MR) is 139 cm³/mol. The molecule has 6 rings (SSSR count). The van der Waals surface area contributed by atoms with Crippen molar-refractivity contribution in [3.63, 3.8) is 0 Å². The average molecular weight is 469 g/mol. The molecule has 1 atom stereocenters. The highest BCUT2D eigenvalue weighted by Crippen LogP contribution is 2.63. The van der Waals surface area contributed by atoms with Crippen LogP contribution in [0.5, 0.6) is 0 Å². The van der Waals surface area contributed by atoms with Gasteiger partial charge in [-0.25, -0.2) is 4.98 Å². The number of nitrogens with one attached hydrogen (secondary N) is 1. The molecule has 1 spiro atoms. The number of benzene rings is 2. The first-order valence-electron chi connectivity index (χ1n) is 12.0. The maximum atomic E-state index is 12.9. The molecular weight excluding hydrogens is 440 g/mol. The highest BCUT2D eigenvalue weighted by atomic mass is 32.2. The van der Waals surface area contributed by atoms with E-state index in [9.17, 15) is 4.79 Å². The smallest absolute Gasteiger partial charge is 0.252 e. The molecule has 0 amide bonds. The van der Waals surface area contributed by atoms with E-state index in [1.165, 1.54) is 36.1 Å². The minimum absolute atomic E-state index is 0.0475. The van der Waals surface area contributed by atoms with Gasteiger partial charge in [0.2, 0.25) is 5.95 Å². The molecule has 1 unspecified atom stereocenters. The minimum Gasteiger partial charge on any atom is -0.324 e. The van der Waals surface area contributed by atoms with E-state index in [4.69, 9.17) is 4.98 Å². The van der Waals surface area contributed by atoms with Gasteiger partial charge in [0.05, 0.1) is 0 Å². The molecule has 0 saturated heterocycles. The Balaban J connectivity index is 1.26. The zero-order valence-corrected chi connectivity index (χ0v) is 20.1. The monoisotopic (exact) mass is 468 g/mol. The van der Waals surface area contributed by atoms with Crippen LogP contribution in [0, 0.1) is 12.3 Å². The number of fused-ring (bicyclic) bond motifs is 1. The molecule has 2 saturated carbocycles. The number of anilines is 2. The molecule has 2 heterocycles. The largest absolute Gasteiger partial charge is 0.324 e. The zero-order valence-electron chi connectivity index (χ0n) is 19.3. The molecule has 34 heavy (non-hydrogen) atoms. The van der Waals surface area contributed by atoms with E-state index < -0.39 is 0 Å². The topological polar surface area (TPSA) is 59.8 Å². The van der Waals surface area contributed by atoms with Gasteiger partial charge in [-0.15, -0.1) is 11.8 Å². The van der Waals surface area contributed by atoms with Crippen molar-refractivity contribution in [2.24, 2.45) is 5.41 Å². The van der Waals surface area contributed by atoms with Crippen molar-refractivity contribution in [3.05, 3.63) is 88.3 Å². The maximum absolute atomic E-state index is 12.9. The number of nitrogens with zero attached hydrogens (tertiary/aromatic N) is 3. The van der Waals surface area contributed by atoms with E-state index in [1.807, 2.05) is 34.7 Å². The number of hydrogen-bond donors (Lipinski definition) is 1. The predicted octanol–water partition coefficient (Wildman–Crippen LogP) is 6.64. The summed E-state index contributed by atoms with van der Waals surface area (Å²) in [5.41, 5.74) is 4.55. The van der Waals surface area contributed by atoms with Crippen LogP contribution in [0.25, 0.3) is 11.0 Å². The number of aryl methyl sites for hydroxylation is 1. The first-order chi connectivity index (χ1) is 16.6. The van der Waals surface area contributed by atoms with Gasteiger partial charge in [0.1, 0.15) is 5.65 Å². The average Bonchev–Trinajstić information content (AvgIpc) is 3.52. The number of pyridine rings is 1. The van der Waals surface area contributed by atoms with Crippen LogP contribution in [-0.4, -0.2) is 14.5 Å². The molecule has 4 aromatic rings. The molecule has 2 aromatic heterocycles. The summed E-state index contributed by atoms with van der Waals surface area (Å²) in [6.45, 7) is 2.10. The Kier molecular flexibility index (Phi) is 5.41. The molecule has 2 aliphatic rings. The molecule has 2 fully saturated rings. The van der Waals surface area contributed by atoms with Crippen molar-refractivity contribution in [3.8, 4) is 0 Å². The number of rotatable bonds is 6. The second kappa shape index (κ2) is 8.58. The van der Waals surface area contributed by atoms with E-state index in [0.29, 0.717) is 11.4 Å². The van der Waals surface area contributed by atoms with Gasteiger partial charge in [-0.05, 0) is 73.4 Å². The van der Waals surface area contributed by atoms with Gasteiger partial charge in [0.15, 0.2) is 0 Å². The Morgan fingerprint density at radius 1 is 1.09 bits per heavy atom. The minimum atomic E-state index is 0.0475. The summed E-state index contributed by atoms with van der Waals surface area (Å²) in [5.74, 6) is 1.48. The number of aromatic nitrogens is 3. The summed E-state index contributed by atoms with van der Waals surface area (Å²) >= 11 is 1.83. The van der Waals surface area contributed by atoms with E-state index in [1.54, 1.807) is 6.07 Å². The van der Waals surface area contributed by atoms with Gasteiger partial charge < -0.3 is 5.32 Å². The second-order valence-corrected chi connectivity index (χ2v) is 10.7. The summed E-state index contributed by atoms with van der Waals surface area (Å²) < 4.78 is 1.96. The summed E-state index contributed by atoms with van der Waals surface area (Å²) in [4.78, 5) is 23.6. The third kappa shape index (κ3) is 4.00. The Morgan fingerprint density at radius 3 is 2.74 bits per heavy atom. The van der Waals surface area contributed by atoms with Crippen molar-refractivity contribution in [1.82, 2.24) is 14.5 Å². The maximum Gasteiger partial charge on any atom is 0.252 e. The van der Waals surface area contributed by atoms with Crippen LogP contribution in [0.3, 0.4) is 0 Å². The lowest BCUT2D eigenvalue weighted by atomic mass is 10.00. The van der Waals surface area contributed by atoms with Crippen LogP contribution in [0.1, 0.15) is 49.3 Å². The number of hydrogen-bond acceptors (Lipinski definition) is 5. The summed E-state index contributed by atoms with van der Waals surface area (Å²) in [7, 11) is 0. The molecule has 5 nitrogen and oxygen atoms in total. The van der Waals surface area contributed by atoms with Gasteiger partial charge >= 0.3 is 0 Å².